The van der Waals surface area contributed by atoms with E-state index in [4.69, 9.17) is 4.74 Å². The lowest BCUT2D eigenvalue weighted by Gasteiger charge is -2.32. The van der Waals surface area contributed by atoms with E-state index in [0.717, 1.165) is 26.2 Å². The van der Waals surface area contributed by atoms with Gasteiger partial charge >= 0.3 is 0 Å². The Labute approximate surface area is 104 Å². The van der Waals surface area contributed by atoms with E-state index in [2.05, 4.69) is 43.4 Å². The van der Waals surface area contributed by atoms with E-state index in [9.17, 15) is 0 Å². The molecular formula is C15H23NO. The lowest BCUT2D eigenvalue weighted by Crippen LogP contribution is -2.38. The quantitative estimate of drug-likeness (QED) is 0.844. The third-order valence-electron chi connectivity index (χ3n) is 3.59. The van der Waals surface area contributed by atoms with Gasteiger partial charge in [0, 0.05) is 12.0 Å². The minimum atomic E-state index is 0.511. The lowest BCUT2D eigenvalue weighted by molar-refractivity contribution is 0.0797. The van der Waals surface area contributed by atoms with Crippen LogP contribution in [0.25, 0.3) is 0 Å². The third-order valence-corrected chi connectivity index (χ3v) is 3.59. The monoisotopic (exact) mass is 233 g/mol. The number of hydrogen-bond donors (Lipinski definition) is 1. The molecule has 0 aliphatic carbocycles. The number of nitrogens with one attached hydrogen (secondary N) is 1. The van der Waals surface area contributed by atoms with E-state index >= 15 is 0 Å². The Bertz CT molecular complexity index is 351. The van der Waals surface area contributed by atoms with Crippen molar-refractivity contribution in [2.45, 2.75) is 45.3 Å². The normalized spacial score (nSPS) is 20.9. The van der Waals surface area contributed by atoms with E-state index in [1.807, 2.05) is 0 Å². The number of fused-ring (bicyclic) bond motifs is 1. The van der Waals surface area contributed by atoms with Crippen LogP contribution in [0, 0.1) is 0 Å². The van der Waals surface area contributed by atoms with E-state index < -0.39 is 0 Å². The molecule has 0 radical (unpaired) electrons. The molecule has 1 aliphatic rings. The smallest absolute Gasteiger partial charge is 0.0719 e. The van der Waals surface area contributed by atoms with Gasteiger partial charge in [0.25, 0.3) is 0 Å². The third kappa shape index (κ3) is 2.88. The molecule has 0 amide bonds. The standard InChI is InChI=1S/C15H23NO/c1-3-9-16-15(4-2)14-11-17-10-12-7-5-6-8-13(12)14/h5-8,14-16H,3-4,9-11H2,1-2H3. The number of hydrogen-bond acceptors (Lipinski definition) is 2. The van der Waals surface area contributed by atoms with E-state index in [-0.39, 0.29) is 0 Å². The fraction of sp³-hybridized carbons (Fsp3) is 0.600. The summed E-state index contributed by atoms with van der Waals surface area (Å²) in [7, 11) is 0. The lowest BCUT2D eigenvalue weighted by atomic mass is 9.86. The van der Waals surface area contributed by atoms with Crippen LogP contribution in [0.5, 0.6) is 0 Å². The maximum atomic E-state index is 5.73. The van der Waals surface area contributed by atoms with Crippen molar-refractivity contribution in [1.82, 2.24) is 5.32 Å². The summed E-state index contributed by atoms with van der Waals surface area (Å²) >= 11 is 0. The summed E-state index contributed by atoms with van der Waals surface area (Å²) in [6.07, 6.45) is 2.34. The van der Waals surface area contributed by atoms with E-state index in [1.165, 1.54) is 17.5 Å². The molecule has 0 spiro atoms. The van der Waals surface area contributed by atoms with Gasteiger partial charge in [-0.2, -0.15) is 0 Å². The average molecular weight is 233 g/mol. The van der Waals surface area contributed by atoms with Crippen molar-refractivity contribution in [2.24, 2.45) is 0 Å². The second kappa shape index (κ2) is 6.18. The van der Waals surface area contributed by atoms with Gasteiger partial charge in [0.1, 0.15) is 0 Å². The Morgan fingerprint density at radius 1 is 1.35 bits per heavy atom. The molecule has 0 saturated heterocycles. The molecule has 0 aromatic heterocycles. The zero-order chi connectivity index (χ0) is 12.1. The Balaban J connectivity index is 2.15. The molecule has 1 N–H and O–H groups in total. The molecule has 1 aliphatic heterocycles. The highest BCUT2D eigenvalue weighted by molar-refractivity contribution is 5.32. The summed E-state index contributed by atoms with van der Waals surface area (Å²) in [5, 5.41) is 3.65. The zero-order valence-electron chi connectivity index (χ0n) is 10.9. The van der Waals surface area contributed by atoms with E-state index in [0.29, 0.717) is 12.0 Å². The molecule has 2 nitrogen and oxygen atoms in total. The molecule has 1 aromatic carbocycles. The molecule has 0 fully saturated rings. The van der Waals surface area contributed by atoms with Gasteiger partial charge in [0.15, 0.2) is 0 Å². The van der Waals surface area contributed by atoms with Gasteiger partial charge in [0.05, 0.1) is 13.2 Å². The van der Waals surface area contributed by atoms with Crippen LogP contribution < -0.4 is 5.32 Å². The summed E-state index contributed by atoms with van der Waals surface area (Å²) in [5.41, 5.74) is 2.84. The highest BCUT2D eigenvalue weighted by Crippen LogP contribution is 2.30. The summed E-state index contributed by atoms with van der Waals surface area (Å²) < 4.78 is 5.73. The Morgan fingerprint density at radius 2 is 2.18 bits per heavy atom. The first-order chi connectivity index (χ1) is 8.36. The van der Waals surface area contributed by atoms with Gasteiger partial charge in [-0.1, -0.05) is 38.1 Å². The van der Waals surface area contributed by atoms with Gasteiger partial charge in [-0.3, -0.25) is 0 Å². The minimum Gasteiger partial charge on any atom is -0.376 e. The van der Waals surface area contributed by atoms with Crippen LogP contribution in [0.2, 0.25) is 0 Å². The van der Waals surface area contributed by atoms with Crippen molar-refractivity contribution < 1.29 is 4.74 Å². The first-order valence-corrected chi connectivity index (χ1v) is 6.75. The minimum absolute atomic E-state index is 0.511. The maximum absolute atomic E-state index is 5.73. The van der Waals surface area contributed by atoms with Gasteiger partial charge in [0.2, 0.25) is 0 Å². The van der Waals surface area contributed by atoms with Crippen molar-refractivity contribution in [3.8, 4) is 0 Å². The molecule has 2 heteroatoms. The topological polar surface area (TPSA) is 21.3 Å². The van der Waals surface area contributed by atoms with Crippen molar-refractivity contribution >= 4 is 0 Å². The highest BCUT2D eigenvalue weighted by atomic mass is 16.5. The van der Waals surface area contributed by atoms with Gasteiger partial charge in [-0.25, -0.2) is 0 Å². The van der Waals surface area contributed by atoms with Crippen molar-refractivity contribution in [2.75, 3.05) is 13.2 Å². The Morgan fingerprint density at radius 3 is 2.94 bits per heavy atom. The molecule has 1 heterocycles. The predicted octanol–water partition coefficient (Wildman–Crippen LogP) is 3.08. The first-order valence-electron chi connectivity index (χ1n) is 6.75. The molecule has 94 valence electrons. The second-order valence-corrected chi connectivity index (χ2v) is 4.79. The molecule has 1 aromatic rings. The highest BCUT2D eigenvalue weighted by Gasteiger charge is 2.26. The molecule has 2 unspecified atom stereocenters. The summed E-state index contributed by atoms with van der Waals surface area (Å²) in [4.78, 5) is 0. The SMILES string of the molecule is CCCNC(CC)C1COCc2ccccc21. The summed E-state index contributed by atoms with van der Waals surface area (Å²) in [6, 6.07) is 9.23. The van der Waals surface area contributed by atoms with Gasteiger partial charge < -0.3 is 10.1 Å². The van der Waals surface area contributed by atoms with Crippen molar-refractivity contribution in [3.63, 3.8) is 0 Å². The van der Waals surface area contributed by atoms with Gasteiger partial charge in [-0.05, 0) is 30.5 Å². The summed E-state index contributed by atoms with van der Waals surface area (Å²) in [5.74, 6) is 0.511. The molecule has 17 heavy (non-hydrogen) atoms. The number of benzene rings is 1. The average Bonchev–Trinajstić information content (AvgIpc) is 2.40. The van der Waals surface area contributed by atoms with Crippen LogP contribution in [-0.2, 0) is 11.3 Å². The molecule has 0 bridgehead atoms. The maximum Gasteiger partial charge on any atom is 0.0719 e. The second-order valence-electron chi connectivity index (χ2n) is 4.79. The molecular weight excluding hydrogens is 210 g/mol. The largest absolute Gasteiger partial charge is 0.376 e. The van der Waals surface area contributed by atoms with Crippen molar-refractivity contribution in [1.29, 1.82) is 0 Å². The Hall–Kier alpha value is -0.860. The molecule has 0 saturated carbocycles. The molecule has 2 rings (SSSR count). The fourth-order valence-corrected chi connectivity index (χ4v) is 2.65. The molecule has 2 atom stereocenters. The fourth-order valence-electron chi connectivity index (χ4n) is 2.65. The van der Waals surface area contributed by atoms with Crippen LogP contribution in [0.4, 0.5) is 0 Å². The van der Waals surface area contributed by atoms with E-state index in [1.54, 1.807) is 0 Å². The van der Waals surface area contributed by atoms with Crippen LogP contribution in [0.1, 0.15) is 43.7 Å². The number of ether oxygens (including phenoxy) is 1. The van der Waals surface area contributed by atoms with Gasteiger partial charge in [-0.15, -0.1) is 0 Å². The van der Waals surface area contributed by atoms with Crippen LogP contribution in [0.15, 0.2) is 24.3 Å². The van der Waals surface area contributed by atoms with Crippen LogP contribution in [-0.4, -0.2) is 19.2 Å². The summed E-state index contributed by atoms with van der Waals surface area (Å²) in [6.45, 7) is 7.19. The van der Waals surface area contributed by atoms with Crippen LogP contribution in [0.3, 0.4) is 0 Å². The number of rotatable bonds is 5. The Kier molecular flexibility index (Phi) is 4.57. The van der Waals surface area contributed by atoms with Crippen LogP contribution >= 0.6 is 0 Å². The van der Waals surface area contributed by atoms with Crippen molar-refractivity contribution in [3.05, 3.63) is 35.4 Å². The predicted molar refractivity (Wildman–Crippen MR) is 71.2 cm³/mol. The first kappa shape index (κ1) is 12.6. The zero-order valence-corrected chi connectivity index (χ0v) is 10.9.